The maximum Gasteiger partial charge on any atom is 0.264 e. The van der Waals surface area contributed by atoms with Gasteiger partial charge in [-0.05, 0) is 49.6 Å². The van der Waals surface area contributed by atoms with Crippen molar-refractivity contribution in [1.29, 1.82) is 0 Å². The molecule has 0 bridgehead atoms. The summed E-state index contributed by atoms with van der Waals surface area (Å²) in [6.45, 7) is 3.84. The van der Waals surface area contributed by atoms with Gasteiger partial charge in [0.2, 0.25) is 0 Å². The van der Waals surface area contributed by atoms with Gasteiger partial charge < -0.3 is 5.32 Å². The number of pyridine rings is 1. The van der Waals surface area contributed by atoms with Crippen molar-refractivity contribution in [2.75, 3.05) is 5.32 Å². The summed E-state index contributed by atoms with van der Waals surface area (Å²) in [5.74, 6) is 1.39. The fourth-order valence-corrected chi connectivity index (χ4v) is 3.60. The maximum atomic E-state index is 13.4. The fraction of sp³-hybridized carbons (Fsp3) is 0.136. The minimum absolute atomic E-state index is 0.142. The highest BCUT2D eigenvalue weighted by atomic mass is 35.5. The summed E-state index contributed by atoms with van der Waals surface area (Å²) in [5.41, 5.74) is 1.47. The van der Waals surface area contributed by atoms with E-state index in [2.05, 4.69) is 15.3 Å². The van der Waals surface area contributed by atoms with Crippen molar-refractivity contribution in [3.63, 3.8) is 0 Å². The molecule has 1 atom stereocenters. The van der Waals surface area contributed by atoms with Gasteiger partial charge in [0.05, 0.1) is 16.5 Å². The highest BCUT2D eigenvalue weighted by Gasteiger charge is 2.18. The van der Waals surface area contributed by atoms with E-state index in [9.17, 15) is 4.79 Å². The third kappa shape index (κ3) is 3.37. The number of nitrogens with one attached hydrogen (secondary N) is 1. The van der Waals surface area contributed by atoms with Gasteiger partial charge in [0.15, 0.2) is 0 Å². The van der Waals surface area contributed by atoms with Gasteiger partial charge in [0.1, 0.15) is 11.6 Å². The van der Waals surface area contributed by atoms with Crippen molar-refractivity contribution >= 4 is 28.2 Å². The maximum absolute atomic E-state index is 13.4. The van der Waals surface area contributed by atoms with Gasteiger partial charge in [0.25, 0.3) is 5.56 Å². The van der Waals surface area contributed by atoms with Gasteiger partial charge in [0, 0.05) is 17.6 Å². The molecule has 0 aliphatic heterocycles. The molecule has 5 nitrogen and oxygen atoms in total. The lowest BCUT2D eigenvalue weighted by Crippen LogP contribution is -2.25. The summed E-state index contributed by atoms with van der Waals surface area (Å²) in [5, 5.41) is 5.15. The number of para-hydroxylation sites is 1. The summed E-state index contributed by atoms with van der Waals surface area (Å²) in [6, 6.07) is 18.7. The van der Waals surface area contributed by atoms with Crippen LogP contribution < -0.4 is 10.9 Å². The van der Waals surface area contributed by atoms with Crippen LogP contribution in [-0.4, -0.2) is 14.5 Å². The first-order valence-electron chi connectivity index (χ1n) is 9.00. The fourth-order valence-electron chi connectivity index (χ4n) is 3.33. The summed E-state index contributed by atoms with van der Waals surface area (Å²) < 4.78 is 1.71. The second-order valence-electron chi connectivity index (χ2n) is 6.60. The number of aromatic nitrogens is 3. The van der Waals surface area contributed by atoms with Gasteiger partial charge in [-0.15, -0.1) is 0 Å². The van der Waals surface area contributed by atoms with Gasteiger partial charge in [-0.2, -0.15) is 0 Å². The third-order valence-corrected chi connectivity index (χ3v) is 4.94. The molecule has 6 heteroatoms. The van der Waals surface area contributed by atoms with Crippen LogP contribution in [0.1, 0.15) is 24.5 Å². The quantitative estimate of drug-likeness (QED) is 0.537. The number of fused-ring (bicyclic) bond motifs is 1. The van der Waals surface area contributed by atoms with E-state index in [0.29, 0.717) is 22.1 Å². The molecule has 0 saturated heterocycles. The molecular weight excluding hydrogens is 372 g/mol. The Balaban J connectivity index is 1.92. The molecule has 0 amide bonds. The molecule has 2 aromatic heterocycles. The smallest absolute Gasteiger partial charge is 0.264 e. The van der Waals surface area contributed by atoms with Crippen molar-refractivity contribution in [2.24, 2.45) is 0 Å². The average Bonchev–Trinajstić information content (AvgIpc) is 2.68. The number of halogens is 1. The van der Waals surface area contributed by atoms with E-state index in [1.165, 1.54) is 0 Å². The second kappa shape index (κ2) is 7.44. The predicted molar refractivity (Wildman–Crippen MR) is 113 cm³/mol. The molecule has 0 aliphatic carbocycles. The van der Waals surface area contributed by atoms with Crippen LogP contribution >= 0.6 is 11.6 Å². The molecule has 0 spiro atoms. The van der Waals surface area contributed by atoms with E-state index < -0.39 is 0 Å². The van der Waals surface area contributed by atoms with Gasteiger partial charge in [-0.3, -0.25) is 9.36 Å². The Labute approximate surface area is 167 Å². The number of hydrogen-bond acceptors (Lipinski definition) is 4. The molecular formula is C22H19ClN4O. The zero-order valence-corrected chi connectivity index (χ0v) is 16.3. The summed E-state index contributed by atoms with van der Waals surface area (Å²) in [6.07, 6.45) is 1.71. The molecule has 0 fully saturated rings. The first kappa shape index (κ1) is 18.2. The van der Waals surface area contributed by atoms with Crippen molar-refractivity contribution in [2.45, 2.75) is 19.9 Å². The molecule has 28 heavy (non-hydrogen) atoms. The van der Waals surface area contributed by atoms with Gasteiger partial charge >= 0.3 is 0 Å². The zero-order chi connectivity index (χ0) is 19.7. The van der Waals surface area contributed by atoms with Gasteiger partial charge in [-0.1, -0.05) is 41.9 Å². The van der Waals surface area contributed by atoms with Crippen LogP contribution in [0.25, 0.3) is 16.5 Å². The molecule has 4 rings (SSSR count). The van der Waals surface area contributed by atoms with E-state index in [1.54, 1.807) is 16.8 Å². The Morgan fingerprint density at radius 1 is 1.07 bits per heavy atom. The van der Waals surface area contributed by atoms with Gasteiger partial charge in [-0.25, -0.2) is 9.97 Å². The average molecular weight is 391 g/mol. The number of anilines is 1. The molecule has 2 aromatic carbocycles. The van der Waals surface area contributed by atoms with Crippen LogP contribution in [0.15, 0.2) is 71.7 Å². The Morgan fingerprint density at radius 2 is 1.86 bits per heavy atom. The number of aryl methyl sites for hydroxylation is 1. The molecule has 0 radical (unpaired) electrons. The van der Waals surface area contributed by atoms with E-state index in [4.69, 9.17) is 11.6 Å². The minimum Gasteiger partial charge on any atom is -0.362 e. The molecule has 2 heterocycles. The number of benzene rings is 2. The van der Waals surface area contributed by atoms with E-state index in [0.717, 1.165) is 16.8 Å². The van der Waals surface area contributed by atoms with E-state index >= 15 is 0 Å². The van der Waals surface area contributed by atoms with Crippen molar-refractivity contribution in [3.05, 3.63) is 93.8 Å². The number of nitrogens with zero attached hydrogens (tertiary/aromatic N) is 3. The lowest BCUT2D eigenvalue weighted by molar-refractivity contribution is 0.771. The van der Waals surface area contributed by atoms with E-state index in [-0.39, 0.29) is 11.6 Å². The normalized spacial score (nSPS) is 12.1. The molecule has 0 saturated carbocycles. The number of hydrogen-bond donors (Lipinski definition) is 1. The standard InChI is InChI=1S/C22H19ClN4O/c1-14(25-20-11-12-24-15(2)26-20)19-13-16-7-6-10-18(23)21(16)22(28)27(19)17-8-4-3-5-9-17/h3-14H,1-2H3,(H,24,25,26)/t14-/m1/s1. The molecule has 0 aliphatic rings. The summed E-state index contributed by atoms with van der Waals surface area (Å²) in [7, 11) is 0. The first-order chi connectivity index (χ1) is 13.5. The van der Waals surface area contributed by atoms with Crippen molar-refractivity contribution in [1.82, 2.24) is 14.5 Å². The lowest BCUT2D eigenvalue weighted by Gasteiger charge is -2.21. The summed E-state index contributed by atoms with van der Waals surface area (Å²) in [4.78, 5) is 21.9. The van der Waals surface area contributed by atoms with Crippen LogP contribution in [0.3, 0.4) is 0 Å². The van der Waals surface area contributed by atoms with Crippen molar-refractivity contribution < 1.29 is 0 Å². The van der Waals surface area contributed by atoms with Crippen LogP contribution in [0.4, 0.5) is 5.82 Å². The first-order valence-corrected chi connectivity index (χ1v) is 9.38. The van der Waals surface area contributed by atoms with Crippen LogP contribution in [-0.2, 0) is 0 Å². The zero-order valence-electron chi connectivity index (χ0n) is 15.6. The summed E-state index contributed by atoms with van der Waals surface area (Å²) >= 11 is 6.35. The molecule has 4 aromatic rings. The monoisotopic (exact) mass is 390 g/mol. The SMILES string of the molecule is Cc1nccc(N[C@H](C)c2cc3cccc(Cl)c3c(=O)n2-c2ccccc2)n1. The topological polar surface area (TPSA) is 59.8 Å². The highest BCUT2D eigenvalue weighted by molar-refractivity contribution is 6.35. The third-order valence-electron chi connectivity index (χ3n) is 4.62. The Morgan fingerprint density at radius 3 is 2.61 bits per heavy atom. The lowest BCUT2D eigenvalue weighted by atomic mass is 10.1. The number of rotatable bonds is 4. The second-order valence-corrected chi connectivity index (χ2v) is 7.01. The molecule has 1 N–H and O–H groups in total. The predicted octanol–water partition coefficient (Wildman–Crippen LogP) is 4.92. The highest BCUT2D eigenvalue weighted by Crippen LogP contribution is 2.26. The minimum atomic E-state index is -0.175. The Hall–Kier alpha value is -3.18. The molecule has 0 unspecified atom stereocenters. The van der Waals surface area contributed by atoms with E-state index in [1.807, 2.05) is 68.4 Å². The van der Waals surface area contributed by atoms with Crippen LogP contribution in [0.2, 0.25) is 5.02 Å². The van der Waals surface area contributed by atoms with Crippen LogP contribution in [0.5, 0.6) is 0 Å². The largest absolute Gasteiger partial charge is 0.362 e. The Bertz CT molecular complexity index is 1200. The molecule has 140 valence electrons. The van der Waals surface area contributed by atoms with Crippen LogP contribution in [0, 0.1) is 6.92 Å². The van der Waals surface area contributed by atoms with Crippen molar-refractivity contribution in [3.8, 4) is 5.69 Å². The Kier molecular flexibility index (Phi) is 4.84.